The van der Waals surface area contributed by atoms with Crippen molar-refractivity contribution in [1.82, 2.24) is 15.2 Å². The highest BCUT2D eigenvalue weighted by Gasteiger charge is 2.27. The van der Waals surface area contributed by atoms with Gasteiger partial charge in [0.15, 0.2) is 0 Å². The highest BCUT2D eigenvalue weighted by Crippen LogP contribution is 2.27. The quantitative estimate of drug-likeness (QED) is 0.872. The van der Waals surface area contributed by atoms with Crippen molar-refractivity contribution in [3.05, 3.63) is 16.1 Å². The number of aryl methyl sites for hydroxylation is 1. The average molecular weight is 311 g/mol. The van der Waals surface area contributed by atoms with Gasteiger partial charge in [-0.3, -0.25) is 4.79 Å². The Morgan fingerprint density at radius 3 is 2.81 bits per heavy atom. The Morgan fingerprint density at radius 1 is 1.52 bits per heavy atom. The van der Waals surface area contributed by atoms with Crippen LogP contribution in [0, 0.1) is 6.92 Å². The van der Waals surface area contributed by atoms with Crippen LogP contribution in [0.1, 0.15) is 37.4 Å². The van der Waals surface area contributed by atoms with E-state index in [0.717, 1.165) is 30.2 Å². The number of morpholine rings is 1. The van der Waals surface area contributed by atoms with Gasteiger partial charge < -0.3 is 15.0 Å². The van der Waals surface area contributed by atoms with Gasteiger partial charge in [-0.1, -0.05) is 6.92 Å². The summed E-state index contributed by atoms with van der Waals surface area (Å²) in [6, 6.07) is 0. The van der Waals surface area contributed by atoms with Crippen LogP contribution in [0.15, 0.2) is 5.38 Å². The summed E-state index contributed by atoms with van der Waals surface area (Å²) in [5.74, 6) is 0.208. The zero-order valence-corrected chi connectivity index (χ0v) is 14.0. The second-order valence-corrected chi connectivity index (χ2v) is 6.51. The molecular weight excluding hydrogens is 286 g/mol. The lowest BCUT2D eigenvalue weighted by Gasteiger charge is -2.29. The number of amides is 1. The van der Waals surface area contributed by atoms with E-state index in [2.05, 4.69) is 29.5 Å². The number of nitrogens with one attached hydrogen (secondary N) is 1. The molecule has 2 rings (SSSR count). The average Bonchev–Trinajstić information content (AvgIpc) is 2.95. The van der Waals surface area contributed by atoms with E-state index in [1.54, 1.807) is 11.3 Å². The zero-order valence-electron chi connectivity index (χ0n) is 13.1. The van der Waals surface area contributed by atoms with Crippen LogP contribution in [-0.2, 0) is 15.1 Å². The number of aromatic nitrogens is 1. The molecular formula is C15H25N3O2S. The summed E-state index contributed by atoms with van der Waals surface area (Å²) in [6.07, 6.45) is 1.48. The molecule has 21 heavy (non-hydrogen) atoms. The fraction of sp³-hybridized carbons (Fsp3) is 0.733. The van der Waals surface area contributed by atoms with Gasteiger partial charge in [-0.15, -0.1) is 11.3 Å². The van der Waals surface area contributed by atoms with E-state index in [-0.39, 0.29) is 11.4 Å². The third kappa shape index (κ3) is 4.25. The van der Waals surface area contributed by atoms with E-state index in [1.165, 1.54) is 0 Å². The Kier molecular flexibility index (Phi) is 5.72. The standard InChI is InChI=1S/C15H25N3O2S/c1-4-15(3,14-17-12(2)11-21-14)16-6-5-13(19)18-7-9-20-10-8-18/h11,16H,4-10H2,1-3H3/t15-/m1/s1. The Balaban J connectivity index is 1.84. The van der Waals surface area contributed by atoms with Crippen molar-refractivity contribution in [3.8, 4) is 0 Å². The van der Waals surface area contributed by atoms with Gasteiger partial charge in [-0.25, -0.2) is 4.98 Å². The number of thiazole rings is 1. The molecule has 2 heterocycles. The first-order chi connectivity index (χ1) is 10.0. The number of hydrogen-bond acceptors (Lipinski definition) is 5. The lowest BCUT2D eigenvalue weighted by atomic mass is 9.99. The summed E-state index contributed by atoms with van der Waals surface area (Å²) in [7, 11) is 0. The predicted octanol–water partition coefficient (Wildman–Crippen LogP) is 1.92. The van der Waals surface area contributed by atoms with Crippen LogP contribution in [-0.4, -0.2) is 48.6 Å². The van der Waals surface area contributed by atoms with Crippen molar-refractivity contribution in [2.24, 2.45) is 0 Å². The first kappa shape index (κ1) is 16.4. The number of nitrogens with zero attached hydrogens (tertiary/aromatic N) is 2. The molecule has 0 aliphatic carbocycles. The molecule has 1 fully saturated rings. The van der Waals surface area contributed by atoms with Gasteiger partial charge in [0, 0.05) is 37.1 Å². The third-order valence-corrected chi connectivity index (χ3v) is 5.24. The Morgan fingerprint density at radius 2 is 2.24 bits per heavy atom. The van der Waals surface area contributed by atoms with Crippen LogP contribution >= 0.6 is 11.3 Å². The fourth-order valence-corrected chi connectivity index (χ4v) is 3.38. The highest BCUT2D eigenvalue weighted by atomic mass is 32.1. The molecule has 1 aromatic rings. The van der Waals surface area contributed by atoms with E-state index in [4.69, 9.17) is 4.74 Å². The molecule has 1 aromatic heterocycles. The summed E-state index contributed by atoms with van der Waals surface area (Å²) in [6.45, 7) is 9.74. The van der Waals surface area contributed by atoms with Crippen LogP contribution in [0.4, 0.5) is 0 Å². The third-order valence-electron chi connectivity index (χ3n) is 4.02. The first-order valence-corrected chi connectivity index (χ1v) is 8.46. The van der Waals surface area contributed by atoms with Crippen molar-refractivity contribution < 1.29 is 9.53 Å². The number of carbonyl (C=O) groups excluding carboxylic acids is 1. The van der Waals surface area contributed by atoms with E-state index in [0.29, 0.717) is 26.2 Å². The second kappa shape index (κ2) is 7.33. The molecule has 118 valence electrons. The highest BCUT2D eigenvalue weighted by molar-refractivity contribution is 7.09. The van der Waals surface area contributed by atoms with Crippen LogP contribution < -0.4 is 5.32 Å². The van der Waals surface area contributed by atoms with Crippen molar-refractivity contribution in [2.75, 3.05) is 32.8 Å². The topological polar surface area (TPSA) is 54.5 Å². The summed E-state index contributed by atoms with van der Waals surface area (Å²) >= 11 is 1.68. The lowest BCUT2D eigenvalue weighted by molar-refractivity contribution is -0.135. The molecule has 1 N–H and O–H groups in total. The smallest absolute Gasteiger partial charge is 0.224 e. The number of carbonyl (C=O) groups is 1. The molecule has 0 bridgehead atoms. The number of hydrogen-bond donors (Lipinski definition) is 1. The Labute approximate surface area is 130 Å². The molecule has 0 unspecified atom stereocenters. The minimum Gasteiger partial charge on any atom is -0.378 e. The second-order valence-electron chi connectivity index (χ2n) is 5.65. The molecule has 1 atom stereocenters. The van der Waals surface area contributed by atoms with Crippen LogP contribution in [0.25, 0.3) is 0 Å². The monoisotopic (exact) mass is 311 g/mol. The summed E-state index contributed by atoms with van der Waals surface area (Å²) in [5.41, 5.74) is 0.908. The molecule has 0 saturated carbocycles. The fourth-order valence-electron chi connectivity index (χ4n) is 2.38. The van der Waals surface area contributed by atoms with E-state index in [9.17, 15) is 4.79 Å². The first-order valence-electron chi connectivity index (χ1n) is 7.58. The lowest BCUT2D eigenvalue weighted by Crippen LogP contribution is -2.44. The SMILES string of the molecule is CC[C@@](C)(NCCC(=O)N1CCOCC1)c1nc(C)cs1. The number of rotatable bonds is 6. The maximum Gasteiger partial charge on any atom is 0.224 e. The van der Waals surface area contributed by atoms with Crippen LogP contribution in [0.5, 0.6) is 0 Å². The minimum atomic E-state index is -0.149. The van der Waals surface area contributed by atoms with Gasteiger partial charge in [-0.2, -0.15) is 0 Å². The van der Waals surface area contributed by atoms with Crippen molar-refractivity contribution in [3.63, 3.8) is 0 Å². The molecule has 1 amide bonds. The molecule has 0 aromatic carbocycles. The van der Waals surface area contributed by atoms with Crippen molar-refractivity contribution >= 4 is 17.2 Å². The van der Waals surface area contributed by atoms with Crippen molar-refractivity contribution in [2.45, 2.75) is 39.2 Å². The largest absolute Gasteiger partial charge is 0.378 e. The summed E-state index contributed by atoms with van der Waals surface area (Å²) in [4.78, 5) is 18.6. The normalized spacial score (nSPS) is 18.5. The Hall–Kier alpha value is -0.980. The van der Waals surface area contributed by atoms with Gasteiger partial charge in [0.25, 0.3) is 0 Å². The molecule has 5 nitrogen and oxygen atoms in total. The van der Waals surface area contributed by atoms with Gasteiger partial charge in [0.2, 0.25) is 5.91 Å². The van der Waals surface area contributed by atoms with Crippen molar-refractivity contribution in [1.29, 1.82) is 0 Å². The van der Waals surface area contributed by atoms with Gasteiger partial charge in [0.05, 0.1) is 18.8 Å². The van der Waals surface area contributed by atoms with Crippen LogP contribution in [0.3, 0.4) is 0 Å². The molecule has 6 heteroatoms. The maximum absolute atomic E-state index is 12.1. The summed E-state index contributed by atoms with van der Waals surface area (Å²) < 4.78 is 5.27. The minimum absolute atomic E-state index is 0.149. The summed E-state index contributed by atoms with van der Waals surface area (Å²) in [5, 5.41) is 6.69. The van der Waals surface area contributed by atoms with Gasteiger partial charge >= 0.3 is 0 Å². The zero-order chi connectivity index (χ0) is 15.3. The van der Waals surface area contributed by atoms with E-state index >= 15 is 0 Å². The molecule has 1 aliphatic rings. The van der Waals surface area contributed by atoms with E-state index in [1.807, 2.05) is 11.8 Å². The number of ether oxygens (including phenoxy) is 1. The van der Waals surface area contributed by atoms with E-state index < -0.39 is 0 Å². The Bertz CT molecular complexity index is 471. The predicted molar refractivity (Wildman–Crippen MR) is 84.5 cm³/mol. The molecule has 1 saturated heterocycles. The maximum atomic E-state index is 12.1. The van der Waals surface area contributed by atoms with Crippen LogP contribution in [0.2, 0.25) is 0 Å². The molecule has 0 radical (unpaired) electrons. The van der Waals surface area contributed by atoms with Gasteiger partial charge in [-0.05, 0) is 20.3 Å². The van der Waals surface area contributed by atoms with Gasteiger partial charge in [0.1, 0.15) is 5.01 Å². The molecule has 0 spiro atoms. The molecule has 1 aliphatic heterocycles.